The zero-order valence-corrected chi connectivity index (χ0v) is 12.7. The summed E-state index contributed by atoms with van der Waals surface area (Å²) in [6, 6.07) is 8.23. The van der Waals surface area contributed by atoms with E-state index in [9.17, 15) is 4.79 Å². The van der Waals surface area contributed by atoms with Gasteiger partial charge in [0, 0.05) is 6.04 Å². The van der Waals surface area contributed by atoms with E-state index in [1.165, 1.54) is 12.8 Å². The first-order valence-electron chi connectivity index (χ1n) is 7.21. The highest BCUT2D eigenvalue weighted by Crippen LogP contribution is 2.32. The molecule has 1 amide bonds. The molecule has 4 heteroatoms. The predicted octanol–water partition coefficient (Wildman–Crippen LogP) is 4.24. The first-order chi connectivity index (χ1) is 9.35. The van der Waals surface area contributed by atoms with Gasteiger partial charge in [0.25, 0.3) is 0 Å². The van der Waals surface area contributed by atoms with Crippen molar-refractivity contribution in [3.63, 3.8) is 0 Å². The molecule has 2 unspecified atom stereocenters. The number of hydrogen-bond acceptors (Lipinski definition) is 3. The highest BCUT2D eigenvalue weighted by atomic mass is 16.6. The van der Waals surface area contributed by atoms with Gasteiger partial charge in [-0.3, -0.25) is 5.32 Å². The summed E-state index contributed by atoms with van der Waals surface area (Å²) in [6.45, 7) is 7.80. The minimum atomic E-state index is -0.491. The third kappa shape index (κ3) is 3.89. The van der Waals surface area contributed by atoms with E-state index in [2.05, 4.69) is 17.6 Å². The quantitative estimate of drug-likeness (QED) is 0.868. The van der Waals surface area contributed by atoms with Crippen LogP contribution in [0.4, 0.5) is 16.2 Å². The zero-order valence-electron chi connectivity index (χ0n) is 12.7. The summed E-state index contributed by atoms with van der Waals surface area (Å²) in [4.78, 5) is 11.9. The largest absolute Gasteiger partial charge is 0.444 e. The monoisotopic (exact) mass is 276 g/mol. The lowest BCUT2D eigenvalue weighted by atomic mass is 9.81. The van der Waals surface area contributed by atoms with E-state index in [0.717, 1.165) is 11.4 Å². The van der Waals surface area contributed by atoms with Crippen LogP contribution < -0.4 is 10.6 Å². The highest BCUT2D eigenvalue weighted by molar-refractivity contribution is 5.89. The molecule has 0 bridgehead atoms. The van der Waals surface area contributed by atoms with Gasteiger partial charge in [-0.1, -0.05) is 19.1 Å². The Morgan fingerprint density at radius 1 is 1.20 bits per heavy atom. The van der Waals surface area contributed by atoms with Crippen LogP contribution in [0.1, 0.15) is 40.5 Å². The van der Waals surface area contributed by atoms with E-state index in [4.69, 9.17) is 4.74 Å². The molecular weight excluding hydrogens is 252 g/mol. The van der Waals surface area contributed by atoms with Crippen molar-refractivity contribution in [2.75, 3.05) is 10.6 Å². The highest BCUT2D eigenvalue weighted by Gasteiger charge is 2.27. The number of anilines is 2. The predicted molar refractivity (Wildman–Crippen MR) is 82.1 cm³/mol. The number of amides is 1. The van der Waals surface area contributed by atoms with Crippen LogP contribution >= 0.6 is 0 Å². The molecule has 1 saturated carbocycles. The number of rotatable bonds is 3. The Labute approximate surface area is 120 Å². The zero-order chi connectivity index (χ0) is 14.8. The molecule has 0 spiro atoms. The Balaban J connectivity index is 2.02. The molecule has 1 fully saturated rings. The Hall–Kier alpha value is -1.71. The summed E-state index contributed by atoms with van der Waals surface area (Å²) in [5.74, 6) is 0.685. The Morgan fingerprint density at radius 2 is 1.85 bits per heavy atom. The van der Waals surface area contributed by atoms with Crippen LogP contribution in [0.15, 0.2) is 24.3 Å². The molecule has 0 heterocycles. The first kappa shape index (κ1) is 14.7. The van der Waals surface area contributed by atoms with Crippen LogP contribution in [0, 0.1) is 5.92 Å². The smallest absolute Gasteiger partial charge is 0.412 e. The van der Waals surface area contributed by atoms with Crippen LogP contribution in [-0.2, 0) is 4.74 Å². The molecule has 2 N–H and O–H groups in total. The third-order valence-corrected chi connectivity index (χ3v) is 3.52. The second-order valence-electron chi connectivity index (χ2n) is 6.48. The van der Waals surface area contributed by atoms with Crippen LogP contribution in [-0.4, -0.2) is 17.7 Å². The van der Waals surface area contributed by atoms with Crippen molar-refractivity contribution in [2.45, 2.75) is 52.2 Å². The standard InChI is InChI=1S/C16H24N2O2/c1-11-9-10-12(11)17-13-7-5-6-8-14(13)18-15(19)20-16(2,3)4/h5-8,11-12,17H,9-10H2,1-4H3,(H,18,19). The number of carbonyl (C=O) groups excluding carboxylic acids is 1. The van der Waals surface area contributed by atoms with E-state index < -0.39 is 11.7 Å². The molecule has 4 nitrogen and oxygen atoms in total. The SMILES string of the molecule is CC1CCC1Nc1ccccc1NC(=O)OC(C)(C)C. The Morgan fingerprint density at radius 3 is 2.35 bits per heavy atom. The van der Waals surface area contributed by atoms with Crippen molar-refractivity contribution in [1.82, 2.24) is 0 Å². The van der Waals surface area contributed by atoms with E-state index in [0.29, 0.717) is 12.0 Å². The summed E-state index contributed by atoms with van der Waals surface area (Å²) in [5.41, 5.74) is 1.23. The topological polar surface area (TPSA) is 50.4 Å². The minimum absolute atomic E-state index is 0.423. The third-order valence-electron chi connectivity index (χ3n) is 3.52. The van der Waals surface area contributed by atoms with Gasteiger partial charge in [-0.2, -0.15) is 0 Å². The van der Waals surface area contributed by atoms with Crippen LogP contribution in [0.2, 0.25) is 0 Å². The molecule has 1 aromatic rings. The van der Waals surface area contributed by atoms with Gasteiger partial charge >= 0.3 is 6.09 Å². The maximum Gasteiger partial charge on any atom is 0.412 e. The van der Waals surface area contributed by atoms with Crippen LogP contribution in [0.3, 0.4) is 0 Å². The number of benzene rings is 1. The molecular formula is C16H24N2O2. The van der Waals surface area contributed by atoms with Gasteiger partial charge in [-0.25, -0.2) is 4.79 Å². The van der Waals surface area contributed by atoms with Crippen LogP contribution in [0.25, 0.3) is 0 Å². The van der Waals surface area contributed by atoms with Crippen LogP contribution in [0.5, 0.6) is 0 Å². The van der Waals surface area contributed by atoms with E-state index in [1.807, 2.05) is 45.0 Å². The molecule has 1 aliphatic rings. The lowest BCUT2D eigenvalue weighted by Crippen LogP contribution is -2.36. The van der Waals surface area contributed by atoms with Gasteiger partial charge < -0.3 is 10.1 Å². The lowest BCUT2D eigenvalue weighted by Gasteiger charge is -2.35. The molecule has 0 aromatic heterocycles. The molecule has 0 radical (unpaired) electrons. The number of para-hydroxylation sites is 2. The molecule has 1 aromatic carbocycles. The molecule has 20 heavy (non-hydrogen) atoms. The summed E-state index contributed by atoms with van der Waals surface area (Å²) in [7, 11) is 0. The average Bonchev–Trinajstić information content (AvgIpc) is 2.33. The fraction of sp³-hybridized carbons (Fsp3) is 0.562. The minimum Gasteiger partial charge on any atom is -0.444 e. The van der Waals surface area contributed by atoms with Crippen molar-refractivity contribution in [3.05, 3.63) is 24.3 Å². The summed E-state index contributed by atoms with van der Waals surface area (Å²) >= 11 is 0. The number of hydrogen-bond donors (Lipinski definition) is 2. The van der Waals surface area contributed by atoms with E-state index in [-0.39, 0.29) is 0 Å². The maximum atomic E-state index is 11.9. The van der Waals surface area contributed by atoms with Crippen molar-refractivity contribution in [3.8, 4) is 0 Å². The van der Waals surface area contributed by atoms with E-state index in [1.54, 1.807) is 0 Å². The molecule has 2 atom stereocenters. The molecule has 0 aliphatic heterocycles. The Kier molecular flexibility index (Phi) is 4.21. The fourth-order valence-corrected chi connectivity index (χ4v) is 2.21. The maximum absolute atomic E-state index is 11.9. The molecule has 1 aliphatic carbocycles. The number of ether oxygens (including phenoxy) is 1. The summed E-state index contributed by atoms with van der Waals surface area (Å²) < 4.78 is 5.29. The first-order valence-corrected chi connectivity index (χ1v) is 7.21. The number of carbonyl (C=O) groups is 1. The molecule has 0 saturated heterocycles. The van der Waals surface area contributed by atoms with Crippen molar-refractivity contribution < 1.29 is 9.53 Å². The second kappa shape index (κ2) is 5.73. The van der Waals surface area contributed by atoms with E-state index >= 15 is 0 Å². The normalized spacial score (nSPS) is 21.8. The van der Waals surface area contributed by atoms with Crippen molar-refractivity contribution in [2.24, 2.45) is 5.92 Å². The van der Waals surface area contributed by atoms with Gasteiger partial charge in [0.1, 0.15) is 5.60 Å². The van der Waals surface area contributed by atoms with Gasteiger partial charge in [0.05, 0.1) is 11.4 Å². The Bertz CT molecular complexity index is 480. The van der Waals surface area contributed by atoms with Gasteiger partial charge in [0.2, 0.25) is 0 Å². The molecule has 2 rings (SSSR count). The number of nitrogens with one attached hydrogen (secondary N) is 2. The average molecular weight is 276 g/mol. The van der Waals surface area contributed by atoms with Gasteiger partial charge in [0.15, 0.2) is 0 Å². The van der Waals surface area contributed by atoms with Gasteiger partial charge in [-0.05, 0) is 51.7 Å². The molecule has 110 valence electrons. The van der Waals surface area contributed by atoms with Gasteiger partial charge in [-0.15, -0.1) is 0 Å². The fourth-order valence-electron chi connectivity index (χ4n) is 2.21. The lowest BCUT2D eigenvalue weighted by molar-refractivity contribution is 0.0636. The summed E-state index contributed by atoms with van der Waals surface area (Å²) in [5, 5.41) is 6.31. The van der Waals surface area contributed by atoms with Crippen molar-refractivity contribution >= 4 is 17.5 Å². The summed E-state index contributed by atoms with van der Waals surface area (Å²) in [6.07, 6.45) is 2.02. The second-order valence-corrected chi connectivity index (χ2v) is 6.48. The van der Waals surface area contributed by atoms with Crippen molar-refractivity contribution in [1.29, 1.82) is 0 Å².